The van der Waals surface area contributed by atoms with Gasteiger partial charge in [0, 0.05) is 17.5 Å². The fraction of sp³-hybridized carbons (Fsp3) is 0.417. The van der Waals surface area contributed by atoms with Crippen LogP contribution in [0.1, 0.15) is 36.0 Å². The van der Waals surface area contributed by atoms with Crippen molar-refractivity contribution in [1.29, 1.82) is 0 Å². The molecule has 0 bridgehead atoms. The second-order valence-electron chi connectivity index (χ2n) is 8.43. The fourth-order valence-corrected chi connectivity index (χ4v) is 4.74. The van der Waals surface area contributed by atoms with Crippen molar-refractivity contribution in [3.63, 3.8) is 0 Å². The maximum Gasteiger partial charge on any atom is 0.260 e. The summed E-state index contributed by atoms with van der Waals surface area (Å²) < 4.78 is 7.87. The number of quaternary nitrogens is 1. The number of nitrogens with zero attached hydrogens (tertiary/aromatic N) is 3. The smallest absolute Gasteiger partial charge is 0.260 e. The average Bonchev–Trinajstić information content (AvgIpc) is 3.11. The van der Waals surface area contributed by atoms with Gasteiger partial charge >= 0.3 is 0 Å². The lowest BCUT2D eigenvalue weighted by Gasteiger charge is -2.26. The molecule has 0 saturated carbocycles. The molecule has 0 spiro atoms. The summed E-state index contributed by atoms with van der Waals surface area (Å²) in [4.78, 5) is 20.2. The van der Waals surface area contributed by atoms with Gasteiger partial charge in [0.1, 0.15) is 18.9 Å². The van der Waals surface area contributed by atoms with E-state index in [2.05, 4.69) is 28.8 Å². The van der Waals surface area contributed by atoms with Gasteiger partial charge in [-0.1, -0.05) is 6.42 Å². The number of hydrogen-bond donors (Lipinski definition) is 1. The van der Waals surface area contributed by atoms with Crippen molar-refractivity contribution in [3.05, 3.63) is 57.4 Å². The van der Waals surface area contributed by atoms with E-state index in [1.165, 1.54) is 32.4 Å². The number of halogens is 1. The minimum absolute atomic E-state index is 0. The molecule has 1 saturated heterocycles. The normalized spacial score (nSPS) is 15.4. The van der Waals surface area contributed by atoms with Gasteiger partial charge in [0.15, 0.2) is 0 Å². The maximum absolute atomic E-state index is 12.8. The van der Waals surface area contributed by atoms with Crippen LogP contribution in [0.15, 0.2) is 35.1 Å². The van der Waals surface area contributed by atoms with Gasteiger partial charge in [0.05, 0.1) is 29.0 Å². The summed E-state index contributed by atoms with van der Waals surface area (Å²) in [6, 6.07) is 10.3. The fourth-order valence-electron chi connectivity index (χ4n) is 4.74. The van der Waals surface area contributed by atoms with E-state index in [9.17, 15) is 4.79 Å². The van der Waals surface area contributed by atoms with Crippen LogP contribution in [0.25, 0.3) is 22.3 Å². The Hall–Kier alpha value is -2.41. The molecule has 3 aromatic rings. The predicted octanol–water partition coefficient (Wildman–Crippen LogP) is -0.656. The molecule has 0 radical (unpaired) electrons. The van der Waals surface area contributed by atoms with Crippen LogP contribution in [0.5, 0.6) is 5.75 Å². The van der Waals surface area contributed by atoms with Crippen molar-refractivity contribution >= 4 is 10.9 Å². The highest BCUT2D eigenvalue weighted by Crippen LogP contribution is 2.33. The largest absolute Gasteiger partial charge is 1.00 e. The standard InChI is InChI=1S/C24H28N4O2.ClH/c1-16-11-22-23-18(15-28(22)24(29)20(16)14-25)12-17-13-19(5-6-21(17)26-23)30-10-9-27-7-3-2-4-8-27;/h5-6,11-13H,2-4,7-10,14-15,25H2,1H3;1H. The van der Waals surface area contributed by atoms with Gasteiger partial charge in [-0.25, -0.2) is 4.98 Å². The monoisotopic (exact) mass is 440 g/mol. The zero-order chi connectivity index (χ0) is 20.7. The lowest BCUT2D eigenvalue weighted by molar-refractivity contribution is -0.386. The van der Waals surface area contributed by atoms with Crippen molar-refractivity contribution in [2.75, 3.05) is 26.2 Å². The van der Waals surface area contributed by atoms with E-state index in [0.717, 1.165) is 51.3 Å². The Morgan fingerprint density at radius 3 is 2.71 bits per heavy atom. The molecule has 0 unspecified atom stereocenters. The van der Waals surface area contributed by atoms with Crippen LogP contribution in [-0.4, -0.2) is 40.7 Å². The molecule has 1 fully saturated rings. The Morgan fingerprint density at radius 1 is 1.13 bits per heavy atom. The van der Waals surface area contributed by atoms with Gasteiger partial charge in [-0.2, -0.15) is 0 Å². The SMILES string of the molecule is Cc1cc2n(c(=O)c1C[NH3+])Cc1cc3cc(OCCN4CCCCC4)ccc3nc1-2.[Cl-]. The van der Waals surface area contributed by atoms with Gasteiger partial charge in [-0.05, 0) is 68.8 Å². The first-order valence-electron chi connectivity index (χ1n) is 11.0. The van der Waals surface area contributed by atoms with E-state index >= 15 is 0 Å². The lowest BCUT2D eigenvalue weighted by atomic mass is 10.1. The first-order chi connectivity index (χ1) is 14.6. The van der Waals surface area contributed by atoms with Crippen molar-refractivity contribution in [2.45, 2.75) is 39.3 Å². The summed E-state index contributed by atoms with van der Waals surface area (Å²) >= 11 is 0. The zero-order valence-corrected chi connectivity index (χ0v) is 18.7. The molecule has 164 valence electrons. The van der Waals surface area contributed by atoms with E-state index < -0.39 is 0 Å². The third-order valence-electron chi connectivity index (χ3n) is 6.43. The molecule has 7 heteroatoms. The summed E-state index contributed by atoms with van der Waals surface area (Å²) in [5, 5.41) is 1.05. The highest BCUT2D eigenvalue weighted by Gasteiger charge is 2.24. The highest BCUT2D eigenvalue weighted by molar-refractivity contribution is 5.85. The number of rotatable bonds is 5. The quantitative estimate of drug-likeness (QED) is 0.447. The molecule has 2 aliphatic heterocycles. The molecule has 4 heterocycles. The molecule has 2 aromatic heterocycles. The second kappa shape index (κ2) is 8.99. The van der Waals surface area contributed by atoms with E-state index in [1.54, 1.807) is 0 Å². The average molecular weight is 441 g/mol. The van der Waals surface area contributed by atoms with E-state index in [-0.39, 0.29) is 18.0 Å². The van der Waals surface area contributed by atoms with Crippen LogP contribution in [0.4, 0.5) is 0 Å². The number of ether oxygens (including phenoxy) is 1. The third-order valence-corrected chi connectivity index (χ3v) is 6.43. The molecule has 3 N–H and O–H groups in total. The van der Waals surface area contributed by atoms with Gasteiger partial charge in [-0.15, -0.1) is 0 Å². The number of piperidine rings is 1. The molecule has 2 aliphatic rings. The van der Waals surface area contributed by atoms with Gasteiger partial charge in [0.25, 0.3) is 5.56 Å². The highest BCUT2D eigenvalue weighted by atomic mass is 35.5. The number of aryl methyl sites for hydroxylation is 1. The molecule has 0 amide bonds. The topological polar surface area (TPSA) is 75.0 Å². The summed E-state index contributed by atoms with van der Waals surface area (Å²) in [5.41, 5.74) is 9.60. The number of likely N-dealkylation sites (tertiary alicyclic amines) is 1. The van der Waals surface area contributed by atoms with E-state index in [1.807, 2.05) is 23.6 Å². The minimum Gasteiger partial charge on any atom is -1.00 e. The molecule has 6 nitrogen and oxygen atoms in total. The first kappa shape index (κ1) is 21.8. The Bertz CT molecular complexity index is 1170. The number of aromatic nitrogens is 2. The van der Waals surface area contributed by atoms with Crippen molar-refractivity contribution in [3.8, 4) is 17.1 Å². The predicted molar refractivity (Wildman–Crippen MR) is 118 cm³/mol. The molecule has 31 heavy (non-hydrogen) atoms. The van der Waals surface area contributed by atoms with Crippen LogP contribution < -0.4 is 28.4 Å². The summed E-state index contributed by atoms with van der Waals surface area (Å²) in [6.07, 6.45) is 3.95. The summed E-state index contributed by atoms with van der Waals surface area (Å²) in [7, 11) is 0. The van der Waals surface area contributed by atoms with Crippen molar-refractivity contribution < 1.29 is 22.9 Å². The van der Waals surface area contributed by atoms with Crippen LogP contribution in [-0.2, 0) is 13.1 Å². The third kappa shape index (κ3) is 4.07. The van der Waals surface area contributed by atoms with Crippen LogP contribution in [0.2, 0.25) is 0 Å². The van der Waals surface area contributed by atoms with Crippen molar-refractivity contribution in [2.24, 2.45) is 0 Å². The Labute approximate surface area is 188 Å². The Kier molecular flexibility index (Phi) is 6.32. The van der Waals surface area contributed by atoms with Gasteiger partial charge < -0.3 is 27.4 Å². The van der Waals surface area contributed by atoms with Crippen LogP contribution in [0, 0.1) is 6.92 Å². The first-order valence-corrected chi connectivity index (χ1v) is 11.0. The Balaban J connectivity index is 0.00000231. The summed E-state index contributed by atoms with van der Waals surface area (Å²) in [5.74, 6) is 0.879. The lowest BCUT2D eigenvalue weighted by Crippen LogP contribution is -3.00. The van der Waals surface area contributed by atoms with E-state index in [4.69, 9.17) is 9.72 Å². The molecular formula is C24H29ClN4O2. The van der Waals surface area contributed by atoms with Crippen LogP contribution in [0.3, 0.4) is 0 Å². The number of benzene rings is 1. The van der Waals surface area contributed by atoms with Crippen LogP contribution >= 0.6 is 0 Å². The molecule has 1 aromatic carbocycles. The molecule has 0 atom stereocenters. The van der Waals surface area contributed by atoms with E-state index in [0.29, 0.717) is 19.7 Å². The van der Waals surface area contributed by atoms with Crippen molar-refractivity contribution in [1.82, 2.24) is 14.5 Å². The molecule has 5 rings (SSSR count). The number of hydrogen-bond acceptors (Lipinski definition) is 4. The molecule has 0 aliphatic carbocycles. The van der Waals surface area contributed by atoms with Gasteiger partial charge in [0.2, 0.25) is 0 Å². The summed E-state index contributed by atoms with van der Waals surface area (Å²) in [6.45, 7) is 7.12. The number of pyridine rings is 2. The molecular weight excluding hydrogens is 412 g/mol. The minimum atomic E-state index is 0. The van der Waals surface area contributed by atoms with Gasteiger partial charge in [-0.3, -0.25) is 9.69 Å². The number of fused-ring (bicyclic) bond motifs is 4. The Morgan fingerprint density at radius 2 is 1.94 bits per heavy atom. The maximum atomic E-state index is 12.8. The second-order valence-corrected chi connectivity index (χ2v) is 8.43. The zero-order valence-electron chi connectivity index (χ0n) is 18.0.